The molecule has 0 aliphatic carbocycles. The summed E-state index contributed by atoms with van der Waals surface area (Å²) in [5, 5.41) is 21.3. The molecule has 0 radical (unpaired) electrons. The molecule has 4 nitrogen and oxygen atoms in total. The number of benzene rings is 1. The number of hydrogen-bond donors (Lipinski definition) is 3. The number of anilines is 1. The molecular weight excluding hydrogens is 206 g/mol. The van der Waals surface area contributed by atoms with Crippen molar-refractivity contribution < 1.29 is 15.0 Å². The molecule has 0 saturated heterocycles. The van der Waals surface area contributed by atoms with Gasteiger partial charge >= 0.3 is 5.97 Å². The van der Waals surface area contributed by atoms with Crippen molar-refractivity contribution in [3.63, 3.8) is 0 Å². The molecule has 0 aliphatic heterocycles. The van der Waals surface area contributed by atoms with Crippen LogP contribution in [0.15, 0.2) is 18.2 Å². The highest BCUT2D eigenvalue weighted by Gasteiger charge is 2.08. The molecule has 0 atom stereocenters. The van der Waals surface area contributed by atoms with Gasteiger partial charge in [0.2, 0.25) is 0 Å². The van der Waals surface area contributed by atoms with Crippen molar-refractivity contribution in [3.05, 3.63) is 23.8 Å². The molecule has 1 aromatic rings. The number of carbonyl (C=O) groups is 1. The average molecular weight is 223 g/mol. The molecule has 1 aromatic carbocycles. The van der Waals surface area contributed by atoms with E-state index in [4.69, 9.17) is 5.11 Å². The zero-order valence-electron chi connectivity index (χ0n) is 9.36. The molecule has 0 bridgehead atoms. The summed E-state index contributed by atoms with van der Waals surface area (Å²) in [6.45, 7) is 2.97. The van der Waals surface area contributed by atoms with Gasteiger partial charge in [-0.05, 0) is 18.6 Å². The van der Waals surface area contributed by atoms with Crippen molar-refractivity contribution in [2.45, 2.75) is 26.2 Å². The van der Waals surface area contributed by atoms with Gasteiger partial charge in [-0.25, -0.2) is 4.79 Å². The predicted molar refractivity (Wildman–Crippen MR) is 63.1 cm³/mol. The first-order valence-electron chi connectivity index (χ1n) is 5.45. The summed E-state index contributed by atoms with van der Waals surface area (Å²) in [4.78, 5) is 10.7. The maximum absolute atomic E-state index is 10.7. The van der Waals surface area contributed by atoms with Crippen LogP contribution in [-0.2, 0) is 0 Å². The number of carboxylic acid groups (broad SMARTS) is 1. The van der Waals surface area contributed by atoms with Gasteiger partial charge in [0.05, 0.1) is 0 Å². The topological polar surface area (TPSA) is 69.6 Å². The van der Waals surface area contributed by atoms with Crippen LogP contribution in [0.2, 0.25) is 0 Å². The third-order valence-electron chi connectivity index (χ3n) is 2.34. The zero-order valence-corrected chi connectivity index (χ0v) is 9.36. The number of carboxylic acids is 1. The minimum Gasteiger partial charge on any atom is -0.507 e. The van der Waals surface area contributed by atoms with E-state index in [0.29, 0.717) is 0 Å². The molecule has 4 heteroatoms. The second kappa shape index (κ2) is 6.00. The molecular formula is C12H17NO3. The molecule has 0 fully saturated rings. The van der Waals surface area contributed by atoms with E-state index in [1.807, 2.05) is 0 Å². The van der Waals surface area contributed by atoms with Crippen LogP contribution >= 0.6 is 0 Å². The quantitative estimate of drug-likeness (QED) is 0.648. The molecule has 0 unspecified atom stereocenters. The highest BCUT2D eigenvalue weighted by molar-refractivity contribution is 5.91. The molecule has 0 amide bonds. The molecule has 88 valence electrons. The van der Waals surface area contributed by atoms with Crippen molar-refractivity contribution in [1.29, 1.82) is 0 Å². The van der Waals surface area contributed by atoms with E-state index < -0.39 is 5.97 Å². The Morgan fingerprint density at radius 3 is 2.69 bits per heavy atom. The lowest BCUT2D eigenvalue weighted by atomic mass is 10.2. The lowest BCUT2D eigenvalue weighted by Gasteiger charge is -2.07. The maximum atomic E-state index is 10.7. The standard InChI is InChI=1S/C12H17NO3/c1-2-3-4-7-13-9-5-6-10(12(15)16)11(14)8-9/h5-6,8,13-14H,2-4,7H2,1H3,(H,15,16). The number of hydrogen-bond acceptors (Lipinski definition) is 3. The van der Waals surface area contributed by atoms with Crippen LogP contribution in [0.3, 0.4) is 0 Å². The van der Waals surface area contributed by atoms with Crippen LogP contribution < -0.4 is 5.32 Å². The fraction of sp³-hybridized carbons (Fsp3) is 0.417. The Labute approximate surface area is 94.9 Å². The van der Waals surface area contributed by atoms with Crippen molar-refractivity contribution in [1.82, 2.24) is 0 Å². The first-order chi connectivity index (χ1) is 7.65. The molecule has 0 aromatic heterocycles. The third kappa shape index (κ3) is 3.46. The van der Waals surface area contributed by atoms with Gasteiger partial charge in [0.15, 0.2) is 0 Å². The SMILES string of the molecule is CCCCCNc1ccc(C(=O)O)c(O)c1. The lowest BCUT2D eigenvalue weighted by molar-refractivity contribution is 0.0694. The van der Waals surface area contributed by atoms with Gasteiger partial charge in [-0.15, -0.1) is 0 Å². The largest absolute Gasteiger partial charge is 0.507 e. The maximum Gasteiger partial charge on any atom is 0.339 e. The zero-order chi connectivity index (χ0) is 12.0. The van der Waals surface area contributed by atoms with E-state index in [0.717, 1.165) is 31.5 Å². The lowest BCUT2D eigenvalue weighted by Crippen LogP contribution is -2.02. The number of nitrogens with one attached hydrogen (secondary N) is 1. The molecule has 16 heavy (non-hydrogen) atoms. The van der Waals surface area contributed by atoms with E-state index in [2.05, 4.69) is 12.2 Å². The van der Waals surface area contributed by atoms with Gasteiger partial charge in [-0.2, -0.15) is 0 Å². The minimum absolute atomic E-state index is 0.0703. The molecule has 0 spiro atoms. The van der Waals surface area contributed by atoms with Crippen LogP contribution in [-0.4, -0.2) is 22.7 Å². The van der Waals surface area contributed by atoms with Crippen LogP contribution in [0.5, 0.6) is 5.75 Å². The highest BCUT2D eigenvalue weighted by Crippen LogP contribution is 2.21. The van der Waals surface area contributed by atoms with E-state index in [1.165, 1.54) is 12.1 Å². The van der Waals surface area contributed by atoms with Gasteiger partial charge in [0.25, 0.3) is 0 Å². The molecule has 0 aliphatic rings. The number of phenols is 1. The Morgan fingerprint density at radius 2 is 2.12 bits per heavy atom. The summed E-state index contributed by atoms with van der Waals surface area (Å²) < 4.78 is 0. The molecule has 0 heterocycles. The fourth-order valence-electron chi connectivity index (χ4n) is 1.43. The minimum atomic E-state index is -1.12. The van der Waals surface area contributed by atoms with Crippen molar-refractivity contribution in [2.24, 2.45) is 0 Å². The van der Waals surface area contributed by atoms with Crippen LogP contribution in [0.25, 0.3) is 0 Å². The summed E-state index contributed by atoms with van der Waals surface area (Å²) in [5.41, 5.74) is 0.678. The van der Waals surface area contributed by atoms with Gasteiger partial charge < -0.3 is 15.5 Å². The molecule has 3 N–H and O–H groups in total. The van der Waals surface area contributed by atoms with Gasteiger partial charge in [0.1, 0.15) is 11.3 Å². The summed E-state index contributed by atoms with van der Waals surface area (Å²) in [6.07, 6.45) is 3.38. The number of rotatable bonds is 6. The summed E-state index contributed by atoms with van der Waals surface area (Å²) in [6, 6.07) is 4.50. The normalized spacial score (nSPS) is 10.1. The van der Waals surface area contributed by atoms with E-state index >= 15 is 0 Å². The second-order valence-corrected chi connectivity index (χ2v) is 3.67. The van der Waals surface area contributed by atoms with Crippen molar-refractivity contribution in [3.8, 4) is 5.75 Å². The first-order valence-corrected chi connectivity index (χ1v) is 5.45. The second-order valence-electron chi connectivity index (χ2n) is 3.67. The summed E-state index contributed by atoms with van der Waals surface area (Å²) in [7, 11) is 0. The Bertz CT molecular complexity index is 363. The fourth-order valence-corrected chi connectivity index (χ4v) is 1.43. The third-order valence-corrected chi connectivity index (χ3v) is 2.34. The van der Waals surface area contributed by atoms with Gasteiger partial charge in [-0.1, -0.05) is 19.8 Å². The smallest absolute Gasteiger partial charge is 0.339 e. The predicted octanol–water partition coefficient (Wildman–Crippen LogP) is 2.69. The average Bonchev–Trinajstić information content (AvgIpc) is 2.24. The van der Waals surface area contributed by atoms with Gasteiger partial charge in [0, 0.05) is 18.3 Å². The Morgan fingerprint density at radius 1 is 1.38 bits per heavy atom. The van der Waals surface area contributed by atoms with Crippen LogP contribution in [0.4, 0.5) is 5.69 Å². The number of aromatic carboxylic acids is 1. The Kier molecular flexibility index (Phi) is 4.64. The molecule has 0 saturated carbocycles. The number of unbranched alkanes of at least 4 members (excludes halogenated alkanes) is 2. The number of aromatic hydroxyl groups is 1. The Hall–Kier alpha value is -1.71. The van der Waals surface area contributed by atoms with E-state index in [-0.39, 0.29) is 11.3 Å². The first kappa shape index (κ1) is 12.4. The van der Waals surface area contributed by atoms with Crippen LogP contribution in [0, 0.1) is 0 Å². The molecule has 1 rings (SSSR count). The monoisotopic (exact) mass is 223 g/mol. The van der Waals surface area contributed by atoms with E-state index in [1.54, 1.807) is 6.07 Å². The highest BCUT2D eigenvalue weighted by atomic mass is 16.4. The van der Waals surface area contributed by atoms with Crippen molar-refractivity contribution >= 4 is 11.7 Å². The van der Waals surface area contributed by atoms with Crippen LogP contribution in [0.1, 0.15) is 36.5 Å². The summed E-state index contributed by atoms with van der Waals surface area (Å²) >= 11 is 0. The Balaban J connectivity index is 2.56. The summed E-state index contributed by atoms with van der Waals surface area (Å²) in [5.74, 6) is -1.32. The van der Waals surface area contributed by atoms with Gasteiger partial charge in [-0.3, -0.25) is 0 Å². The van der Waals surface area contributed by atoms with E-state index in [9.17, 15) is 9.90 Å². The van der Waals surface area contributed by atoms with Crippen molar-refractivity contribution in [2.75, 3.05) is 11.9 Å².